The fraction of sp³-hybridized carbons (Fsp3) is 0.350. The zero-order valence-electron chi connectivity index (χ0n) is 16.0. The van der Waals surface area contributed by atoms with Crippen LogP contribution in [0.4, 0.5) is 4.79 Å². The number of carbonyl (C=O) groups is 1. The lowest BCUT2D eigenvalue weighted by atomic mass is 10.1. The molecule has 150 valence electrons. The molecule has 1 atom stereocenters. The number of ether oxygens (including phenoxy) is 1. The highest BCUT2D eigenvalue weighted by Crippen LogP contribution is 2.30. The molecule has 8 heteroatoms. The van der Waals surface area contributed by atoms with Crippen LogP contribution in [-0.2, 0) is 16.4 Å². The minimum absolute atomic E-state index is 0.233. The van der Waals surface area contributed by atoms with Crippen molar-refractivity contribution in [3.63, 3.8) is 0 Å². The van der Waals surface area contributed by atoms with E-state index in [0.29, 0.717) is 6.54 Å². The largest absolute Gasteiger partial charge is 0.497 e. The molecule has 2 amide bonds. The molecule has 1 heterocycles. The maximum atomic E-state index is 12.8. The smallest absolute Gasteiger partial charge is 0.335 e. The third-order valence-corrected chi connectivity index (χ3v) is 5.24. The van der Waals surface area contributed by atoms with E-state index in [4.69, 9.17) is 4.74 Å². The van der Waals surface area contributed by atoms with Gasteiger partial charge in [-0.15, -0.1) is 4.83 Å². The maximum Gasteiger partial charge on any atom is 0.335 e. The van der Waals surface area contributed by atoms with Crippen LogP contribution >= 0.6 is 0 Å². The van der Waals surface area contributed by atoms with Crippen LogP contribution in [0.5, 0.6) is 5.75 Å². The van der Waals surface area contributed by atoms with Gasteiger partial charge in [0.15, 0.2) is 0 Å². The number of nitrogens with one attached hydrogen (secondary N) is 1. The van der Waals surface area contributed by atoms with Gasteiger partial charge in [-0.1, -0.05) is 42.5 Å². The summed E-state index contributed by atoms with van der Waals surface area (Å²) in [5.41, 5.74) is 2.15. The van der Waals surface area contributed by atoms with Crippen LogP contribution in [0.1, 0.15) is 23.6 Å². The monoisotopic (exact) mass is 403 g/mol. The van der Waals surface area contributed by atoms with Crippen LogP contribution < -0.4 is 9.57 Å². The second kappa shape index (κ2) is 8.62. The number of amides is 2. The SMILES string of the molecule is COc1ccc([C@@H]2CN(NS(C)(=O)=O)C(=O)N2CCCc2ccccc2)cc1. The second-order valence-corrected chi connectivity index (χ2v) is 8.56. The minimum atomic E-state index is -3.54. The Balaban J connectivity index is 1.76. The van der Waals surface area contributed by atoms with Gasteiger partial charge in [0.05, 0.1) is 26.0 Å². The molecule has 1 saturated heterocycles. The van der Waals surface area contributed by atoms with E-state index in [2.05, 4.69) is 17.0 Å². The first-order chi connectivity index (χ1) is 13.4. The predicted octanol–water partition coefficient (Wildman–Crippen LogP) is 2.57. The molecule has 28 heavy (non-hydrogen) atoms. The summed E-state index contributed by atoms with van der Waals surface area (Å²) in [5.74, 6) is 0.731. The summed E-state index contributed by atoms with van der Waals surface area (Å²) >= 11 is 0. The van der Waals surface area contributed by atoms with Crippen molar-refractivity contribution in [3.8, 4) is 5.75 Å². The Morgan fingerprint density at radius 2 is 1.79 bits per heavy atom. The molecule has 3 rings (SSSR count). The van der Waals surface area contributed by atoms with Crippen molar-refractivity contribution in [1.82, 2.24) is 14.7 Å². The Kier molecular flexibility index (Phi) is 6.21. The number of hydrogen-bond donors (Lipinski definition) is 1. The summed E-state index contributed by atoms with van der Waals surface area (Å²) in [6, 6.07) is 17.0. The quantitative estimate of drug-likeness (QED) is 0.735. The van der Waals surface area contributed by atoms with E-state index in [1.54, 1.807) is 12.0 Å². The van der Waals surface area contributed by atoms with Crippen molar-refractivity contribution in [2.45, 2.75) is 18.9 Å². The summed E-state index contributed by atoms with van der Waals surface area (Å²) in [4.78, 5) is 16.9. The van der Waals surface area contributed by atoms with Gasteiger partial charge in [0.25, 0.3) is 0 Å². The van der Waals surface area contributed by atoms with Crippen molar-refractivity contribution in [2.75, 3.05) is 26.5 Å². The highest BCUT2D eigenvalue weighted by molar-refractivity contribution is 7.88. The van der Waals surface area contributed by atoms with Crippen molar-refractivity contribution in [1.29, 1.82) is 0 Å². The Morgan fingerprint density at radius 3 is 2.39 bits per heavy atom. The topological polar surface area (TPSA) is 79.0 Å². The number of carbonyl (C=O) groups excluding carboxylic acids is 1. The molecule has 0 bridgehead atoms. The van der Waals surface area contributed by atoms with E-state index in [-0.39, 0.29) is 18.6 Å². The van der Waals surface area contributed by atoms with Gasteiger partial charge in [-0.25, -0.2) is 18.2 Å². The third-order valence-electron chi connectivity index (χ3n) is 4.69. The fourth-order valence-electron chi connectivity index (χ4n) is 3.38. The van der Waals surface area contributed by atoms with E-state index in [9.17, 15) is 13.2 Å². The molecule has 0 aromatic heterocycles. The molecule has 0 radical (unpaired) electrons. The van der Waals surface area contributed by atoms with E-state index < -0.39 is 10.0 Å². The molecule has 0 saturated carbocycles. The van der Waals surface area contributed by atoms with Crippen LogP contribution in [0.25, 0.3) is 0 Å². The van der Waals surface area contributed by atoms with E-state index in [0.717, 1.165) is 30.4 Å². The highest BCUT2D eigenvalue weighted by atomic mass is 32.2. The van der Waals surface area contributed by atoms with Crippen molar-refractivity contribution in [2.24, 2.45) is 0 Å². The van der Waals surface area contributed by atoms with Gasteiger partial charge in [-0.05, 0) is 36.1 Å². The van der Waals surface area contributed by atoms with Gasteiger partial charge in [-0.2, -0.15) is 0 Å². The number of methoxy groups -OCH3 is 1. The number of nitrogens with zero attached hydrogens (tertiary/aromatic N) is 2. The summed E-state index contributed by atoms with van der Waals surface area (Å²) in [6.45, 7) is 0.788. The molecule has 1 aliphatic heterocycles. The first-order valence-corrected chi connectivity index (χ1v) is 11.0. The van der Waals surface area contributed by atoms with Gasteiger partial charge in [-0.3, -0.25) is 0 Å². The average molecular weight is 404 g/mol. The van der Waals surface area contributed by atoms with Crippen LogP contribution in [0.3, 0.4) is 0 Å². The van der Waals surface area contributed by atoms with E-state index >= 15 is 0 Å². The zero-order chi connectivity index (χ0) is 20.1. The van der Waals surface area contributed by atoms with Crippen molar-refractivity contribution >= 4 is 16.1 Å². The molecular weight excluding hydrogens is 378 g/mol. The van der Waals surface area contributed by atoms with Crippen molar-refractivity contribution < 1.29 is 17.9 Å². The molecule has 1 fully saturated rings. The Bertz CT molecular complexity index is 901. The van der Waals surface area contributed by atoms with E-state index in [1.807, 2.05) is 42.5 Å². The lowest BCUT2D eigenvalue weighted by molar-refractivity contribution is 0.181. The molecule has 0 aliphatic carbocycles. The standard InChI is InChI=1S/C20H25N3O4S/c1-27-18-12-10-17(11-13-18)19-15-23(21-28(2,25)26)20(24)22(19)14-6-9-16-7-4-3-5-8-16/h3-5,7-8,10-13,19,21H,6,9,14-15H2,1-2H3/t19-/m0/s1. The van der Waals surface area contributed by atoms with Crippen LogP contribution in [-0.4, -0.2) is 50.8 Å². The Morgan fingerprint density at radius 1 is 1.11 bits per heavy atom. The molecule has 1 N–H and O–H groups in total. The van der Waals surface area contributed by atoms with Crippen LogP contribution in [0.2, 0.25) is 0 Å². The Hall–Kier alpha value is -2.58. The first kappa shape index (κ1) is 20.2. The van der Waals surface area contributed by atoms with Gasteiger partial charge in [0.1, 0.15) is 5.75 Å². The average Bonchev–Trinajstić information content (AvgIpc) is 2.97. The van der Waals surface area contributed by atoms with Crippen LogP contribution in [0, 0.1) is 0 Å². The molecule has 0 spiro atoms. The predicted molar refractivity (Wildman–Crippen MR) is 107 cm³/mol. The second-order valence-electron chi connectivity index (χ2n) is 6.83. The minimum Gasteiger partial charge on any atom is -0.497 e. The summed E-state index contributed by atoms with van der Waals surface area (Å²) in [7, 11) is -1.94. The number of urea groups is 1. The molecule has 0 unspecified atom stereocenters. The maximum absolute atomic E-state index is 12.8. The van der Waals surface area contributed by atoms with Gasteiger partial charge in [0, 0.05) is 6.54 Å². The van der Waals surface area contributed by atoms with Gasteiger partial charge < -0.3 is 9.64 Å². The lowest BCUT2D eigenvalue weighted by Gasteiger charge is -2.23. The fourth-order valence-corrected chi connectivity index (χ4v) is 3.93. The number of rotatable bonds is 8. The zero-order valence-corrected chi connectivity index (χ0v) is 16.9. The lowest BCUT2D eigenvalue weighted by Crippen LogP contribution is -2.44. The summed E-state index contributed by atoms with van der Waals surface area (Å²) in [5, 5.41) is 1.17. The number of hydrazine groups is 1. The first-order valence-electron chi connectivity index (χ1n) is 9.11. The number of aryl methyl sites for hydroxylation is 1. The van der Waals surface area contributed by atoms with E-state index in [1.165, 1.54) is 10.6 Å². The Labute approximate surface area is 165 Å². The van der Waals surface area contributed by atoms with Crippen LogP contribution in [0.15, 0.2) is 54.6 Å². The van der Waals surface area contributed by atoms with Crippen molar-refractivity contribution in [3.05, 3.63) is 65.7 Å². The normalized spacial score (nSPS) is 17.2. The molecule has 2 aromatic rings. The summed E-state index contributed by atoms with van der Waals surface area (Å²) < 4.78 is 28.4. The molecular formula is C20H25N3O4S. The molecule has 2 aromatic carbocycles. The molecule has 1 aliphatic rings. The number of hydrogen-bond acceptors (Lipinski definition) is 4. The number of sulfonamides is 1. The van der Waals surface area contributed by atoms with Gasteiger partial charge in [0.2, 0.25) is 10.0 Å². The summed E-state index contributed by atoms with van der Waals surface area (Å²) in [6.07, 6.45) is 2.68. The highest BCUT2D eigenvalue weighted by Gasteiger charge is 2.39. The number of benzene rings is 2. The van der Waals surface area contributed by atoms with Gasteiger partial charge >= 0.3 is 6.03 Å². The third kappa shape index (κ3) is 5.02. The molecule has 7 nitrogen and oxygen atoms in total.